The van der Waals surface area contributed by atoms with Crippen LogP contribution in [0.25, 0.3) is 11.3 Å². The minimum Gasteiger partial charge on any atom is -0.502 e. The number of furan rings is 1. The molecule has 118 valence electrons. The van der Waals surface area contributed by atoms with Gasteiger partial charge in [-0.3, -0.25) is 9.52 Å². The number of benzene rings is 1. The zero-order chi connectivity index (χ0) is 16.5. The Morgan fingerprint density at radius 3 is 2.55 bits per heavy atom. The molecule has 9 heteroatoms. The quantitative estimate of drug-likeness (QED) is 0.832. The number of hydrogen-bond acceptors (Lipinski definition) is 6. The van der Waals surface area contributed by atoms with Crippen LogP contribution >= 0.6 is 0 Å². The lowest BCUT2D eigenvalue weighted by Crippen LogP contribution is -2.11. The predicted molar refractivity (Wildman–Crippen MR) is 75.5 cm³/mol. The summed E-state index contributed by atoms with van der Waals surface area (Å²) in [6.45, 7) is 1.05. The van der Waals surface area contributed by atoms with E-state index in [9.17, 15) is 22.7 Å². The summed E-state index contributed by atoms with van der Waals surface area (Å²) in [5.74, 6) is -3.61. The van der Waals surface area contributed by atoms with Crippen LogP contribution in [-0.4, -0.2) is 25.7 Å². The molecule has 0 aliphatic rings. The molecule has 1 aromatic heterocycles. The van der Waals surface area contributed by atoms with Crippen molar-refractivity contribution in [2.75, 3.05) is 11.0 Å². The first-order chi connectivity index (χ1) is 10.2. The third-order valence-corrected chi connectivity index (χ3v) is 3.04. The average molecular weight is 329 g/mol. The lowest BCUT2D eigenvalue weighted by molar-refractivity contribution is -0.131. The molecule has 0 radical (unpaired) electrons. The van der Waals surface area contributed by atoms with Crippen LogP contribution in [0.2, 0.25) is 0 Å². The fraction of sp³-hybridized carbons (Fsp3) is 0.154. The second kappa shape index (κ2) is 5.68. The number of esters is 1. The molecule has 0 spiro atoms. The molecule has 0 bridgehead atoms. The smallest absolute Gasteiger partial charge is 0.308 e. The maximum Gasteiger partial charge on any atom is 0.308 e. The van der Waals surface area contributed by atoms with Crippen molar-refractivity contribution in [1.29, 1.82) is 0 Å². The standard InChI is InChI=1S/C13H12FNO6S/c1-7(16)20-12-10(17)11(8-5-3-4-6-9(8)14)21-13(12)15-22(2,18)19/h3-6,15,17H,1-2H3. The molecule has 22 heavy (non-hydrogen) atoms. The van der Waals surface area contributed by atoms with Gasteiger partial charge < -0.3 is 14.3 Å². The Bertz CT molecular complexity index is 827. The Labute approximate surface area is 125 Å². The fourth-order valence-electron chi connectivity index (χ4n) is 1.71. The van der Waals surface area contributed by atoms with E-state index in [4.69, 9.17) is 9.15 Å². The van der Waals surface area contributed by atoms with Gasteiger partial charge in [0.2, 0.25) is 21.5 Å². The van der Waals surface area contributed by atoms with E-state index in [-0.39, 0.29) is 11.3 Å². The zero-order valence-corrected chi connectivity index (χ0v) is 12.4. The molecular formula is C13H12FNO6S. The highest BCUT2D eigenvalue weighted by Gasteiger charge is 2.27. The first kappa shape index (κ1) is 15.8. The van der Waals surface area contributed by atoms with Gasteiger partial charge in [0.15, 0.2) is 5.76 Å². The van der Waals surface area contributed by atoms with E-state index in [1.807, 2.05) is 4.72 Å². The van der Waals surface area contributed by atoms with E-state index in [0.717, 1.165) is 19.2 Å². The number of carbonyl (C=O) groups excluding carboxylic acids is 1. The van der Waals surface area contributed by atoms with Crippen LogP contribution in [-0.2, 0) is 14.8 Å². The third-order valence-electron chi connectivity index (χ3n) is 2.48. The monoisotopic (exact) mass is 329 g/mol. The van der Waals surface area contributed by atoms with Crippen molar-refractivity contribution in [3.8, 4) is 22.8 Å². The molecule has 0 amide bonds. The van der Waals surface area contributed by atoms with Crippen LogP contribution < -0.4 is 9.46 Å². The van der Waals surface area contributed by atoms with Gasteiger partial charge in [-0.15, -0.1) is 0 Å². The van der Waals surface area contributed by atoms with E-state index in [1.165, 1.54) is 18.2 Å². The van der Waals surface area contributed by atoms with Crippen molar-refractivity contribution in [2.24, 2.45) is 0 Å². The molecule has 0 saturated heterocycles. The van der Waals surface area contributed by atoms with Crippen LogP contribution in [0.15, 0.2) is 28.7 Å². The van der Waals surface area contributed by atoms with Crippen LogP contribution in [0.3, 0.4) is 0 Å². The molecule has 1 heterocycles. The fourth-order valence-corrected chi connectivity index (χ4v) is 2.18. The number of anilines is 1. The molecular weight excluding hydrogens is 317 g/mol. The molecule has 7 nitrogen and oxygen atoms in total. The number of ether oxygens (including phenoxy) is 1. The van der Waals surface area contributed by atoms with Crippen molar-refractivity contribution in [3.63, 3.8) is 0 Å². The van der Waals surface area contributed by atoms with Gasteiger partial charge in [-0.1, -0.05) is 12.1 Å². The molecule has 0 aliphatic carbocycles. The number of nitrogens with one attached hydrogen (secondary N) is 1. The minimum absolute atomic E-state index is 0.116. The summed E-state index contributed by atoms with van der Waals surface area (Å²) in [5.41, 5.74) is -0.116. The minimum atomic E-state index is -3.77. The number of halogens is 1. The summed E-state index contributed by atoms with van der Waals surface area (Å²) < 4.78 is 48.2. The Morgan fingerprint density at radius 1 is 1.36 bits per heavy atom. The number of sulfonamides is 1. The van der Waals surface area contributed by atoms with Gasteiger partial charge >= 0.3 is 5.97 Å². The summed E-state index contributed by atoms with van der Waals surface area (Å²) in [6, 6.07) is 5.37. The highest BCUT2D eigenvalue weighted by Crippen LogP contribution is 2.47. The largest absolute Gasteiger partial charge is 0.502 e. The van der Waals surface area contributed by atoms with Crippen molar-refractivity contribution in [2.45, 2.75) is 6.92 Å². The van der Waals surface area contributed by atoms with Gasteiger partial charge in [0, 0.05) is 6.92 Å². The zero-order valence-electron chi connectivity index (χ0n) is 11.6. The van der Waals surface area contributed by atoms with Gasteiger partial charge in [0.05, 0.1) is 11.8 Å². The van der Waals surface area contributed by atoms with Crippen LogP contribution in [0, 0.1) is 5.82 Å². The molecule has 0 aliphatic heterocycles. The second-order valence-electron chi connectivity index (χ2n) is 4.39. The first-order valence-electron chi connectivity index (χ1n) is 5.96. The Balaban J connectivity index is 2.62. The summed E-state index contributed by atoms with van der Waals surface area (Å²) in [5, 5.41) is 10.1. The van der Waals surface area contributed by atoms with E-state index in [2.05, 4.69) is 0 Å². The number of aromatic hydroxyl groups is 1. The molecule has 0 saturated carbocycles. The van der Waals surface area contributed by atoms with Gasteiger partial charge in [0.1, 0.15) is 5.82 Å². The second-order valence-corrected chi connectivity index (χ2v) is 6.13. The lowest BCUT2D eigenvalue weighted by Gasteiger charge is -2.02. The van der Waals surface area contributed by atoms with Gasteiger partial charge in [0.25, 0.3) is 5.88 Å². The molecule has 2 rings (SSSR count). The predicted octanol–water partition coefficient (Wildman–Crippen LogP) is 2.09. The summed E-state index contributed by atoms with van der Waals surface area (Å²) in [6.07, 6.45) is 0.840. The molecule has 2 N–H and O–H groups in total. The van der Waals surface area contributed by atoms with Crippen LogP contribution in [0.5, 0.6) is 11.5 Å². The van der Waals surface area contributed by atoms with Gasteiger partial charge in [-0.25, -0.2) is 12.8 Å². The maximum atomic E-state index is 13.8. The van der Waals surface area contributed by atoms with Crippen molar-refractivity contribution in [1.82, 2.24) is 0 Å². The molecule has 0 unspecified atom stereocenters. The first-order valence-corrected chi connectivity index (χ1v) is 7.85. The third kappa shape index (κ3) is 3.37. The Morgan fingerprint density at radius 2 is 2.00 bits per heavy atom. The van der Waals surface area contributed by atoms with Crippen LogP contribution in [0.4, 0.5) is 10.3 Å². The molecule has 0 fully saturated rings. The normalized spacial score (nSPS) is 11.2. The highest BCUT2D eigenvalue weighted by molar-refractivity contribution is 7.92. The maximum absolute atomic E-state index is 13.8. The highest BCUT2D eigenvalue weighted by atomic mass is 32.2. The Hall–Kier alpha value is -2.55. The Kier molecular flexibility index (Phi) is 4.09. The summed E-state index contributed by atoms with van der Waals surface area (Å²) in [4.78, 5) is 11.1. The van der Waals surface area contributed by atoms with E-state index in [0.29, 0.717) is 0 Å². The number of carbonyl (C=O) groups is 1. The van der Waals surface area contributed by atoms with Gasteiger partial charge in [-0.05, 0) is 12.1 Å². The summed E-state index contributed by atoms with van der Waals surface area (Å²) >= 11 is 0. The van der Waals surface area contributed by atoms with Gasteiger partial charge in [-0.2, -0.15) is 0 Å². The van der Waals surface area contributed by atoms with E-state index >= 15 is 0 Å². The summed E-state index contributed by atoms with van der Waals surface area (Å²) in [7, 11) is -3.77. The SMILES string of the molecule is CC(=O)Oc1c(NS(C)(=O)=O)oc(-c2ccccc2F)c1O. The number of hydrogen-bond donors (Lipinski definition) is 2. The lowest BCUT2D eigenvalue weighted by atomic mass is 10.1. The molecule has 0 atom stereocenters. The molecule has 2 aromatic rings. The van der Waals surface area contributed by atoms with Crippen molar-refractivity contribution < 1.29 is 31.9 Å². The topological polar surface area (TPSA) is 106 Å². The van der Waals surface area contributed by atoms with E-state index in [1.54, 1.807) is 0 Å². The molecule has 1 aromatic carbocycles. The van der Waals surface area contributed by atoms with E-state index < -0.39 is 39.2 Å². The van der Waals surface area contributed by atoms with Crippen molar-refractivity contribution in [3.05, 3.63) is 30.1 Å². The average Bonchev–Trinajstić information content (AvgIpc) is 2.66. The van der Waals surface area contributed by atoms with Crippen molar-refractivity contribution >= 4 is 21.9 Å². The van der Waals surface area contributed by atoms with Crippen LogP contribution in [0.1, 0.15) is 6.92 Å². The number of rotatable bonds is 4.